The van der Waals surface area contributed by atoms with Gasteiger partial charge in [-0.15, -0.1) is 0 Å². The number of nitrogens with zero attached hydrogens (tertiary/aromatic N) is 2. The molecule has 0 aliphatic carbocycles. The maximum Gasteiger partial charge on any atom is 0.516 e. The van der Waals surface area contributed by atoms with Crippen molar-refractivity contribution in [3.63, 3.8) is 0 Å². The first kappa shape index (κ1) is 22.1. The van der Waals surface area contributed by atoms with E-state index < -0.39 is 15.5 Å². The van der Waals surface area contributed by atoms with Crippen molar-refractivity contribution in [2.24, 2.45) is 0 Å². The molecule has 9 heteroatoms. The zero-order chi connectivity index (χ0) is 23.1. The Morgan fingerprint density at radius 1 is 0.938 bits per heavy atom. The predicted molar refractivity (Wildman–Crippen MR) is 123 cm³/mol. The molecule has 0 saturated heterocycles. The van der Waals surface area contributed by atoms with Crippen LogP contribution in [-0.4, -0.2) is 26.0 Å². The third-order valence-corrected chi connectivity index (χ3v) is 6.77. The van der Waals surface area contributed by atoms with Gasteiger partial charge in [0, 0.05) is 17.5 Å². The van der Waals surface area contributed by atoms with Gasteiger partial charge in [-0.2, -0.15) is 21.6 Å². The number of pyridine rings is 1. The van der Waals surface area contributed by atoms with Crippen molar-refractivity contribution in [2.75, 3.05) is 11.4 Å². The molecule has 0 atom stereocenters. The summed E-state index contributed by atoms with van der Waals surface area (Å²) in [5.74, 6) is 0. The van der Waals surface area contributed by atoms with E-state index in [4.69, 9.17) is 11.6 Å². The van der Waals surface area contributed by atoms with E-state index in [1.165, 1.54) is 12.1 Å². The minimum Gasteiger partial charge on any atom is -0.266 e. The van der Waals surface area contributed by atoms with Crippen molar-refractivity contribution in [3.8, 4) is 0 Å². The van der Waals surface area contributed by atoms with Crippen LogP contribution in [0.1, 0.15) is 11.3 Å². The molecular weight excluding hydrogens is 461 g/mol. The van der Waals surface area contributed by atoms with Crippen molar-refractivity contribution in [2.45, 2.75) is 5.51 Å². The molecule has 4 aromatic rings. The van der Waals surface area contributed by atoms with E-state index in [9.17, 15) is 21.6 Å². The van der Waals surface area contributed by atoms with E-state index in [1.54, 1.807) is 24.3 Å². The summed E-state index contributed by atoms with van der Waals surface area (Å²) in [4.78, 5) is 4.57. The van der Waals surface area contributed by atoms with Gasteiger partial charge in [-0.1, -0.05) is 48.0 Å². The molecule has 0 N–H and O–H groups in total. The van der Waals surface area contributed by atoms with E-state index in [2.05, 4.69) is 4.98 Å². The minimum absolute atomic E-state index is 0.0780. The highest BCUT2D eigenvalue weighted by Gasteiger charge is 2.49. The lowest BCUT2D eigenvalue weighted by Crippen LogP contribution is -2.38. The summed E-state index contributed by atoms with van der Waals surface area (Å²) in [6, 6.07) is 18.9. The number of sulfonamides is 1. The number of anilines is 1. The van der Waals surface area contributed by atoms with Crippen LogP contribution in [0, 0.1) is 0 Å². The van der Waals surface area contributed by atoms with Gasteiger partial charge in [0.15, 0.2) is 0 Å². The smallest absolute Gasteiger partial charge is 0.266 e. The predicted octanol–water partition coefficient (Wildman–Crippen LogP) is 6.50. The largest absolute Gasteiger partial charge is 0.516 e. The second-order valence-electron chi connectivity index (χ2n) is 7.08. The second kappa shape index (κ2) is 8.11. The van der Waals surface area contributed by atoms with Crippen molar-refractivity contribution < 1.29 is 21.6 Å². The molecule has 0 fully saturated rings. The van der Waals surface area contributed by atoms with E-state index in [-0.39, 0.29) is 9.99 Å². The quantitative estimate of drug-likeness (QED) is 0.338. The topological polar surface area (TPSA) is 50.3 Å². The molecule has 0 spiro atoms. The van der Waals surface area contributed by atoms with Gasteiger partial charge < -0.3 is 0 Å². The molecule has 4 rings (SSSR count). The Balaban J connectivity index is 1.68. The van der Waals surface area contributed by atoms with Crippen LogP contribution in [0.25, 0.3) is 33.8 Å². The van der Waals surface area contributed by atoms with Crippen LogP contribution < -0.4 is 4.31 Å². The average Bonchev–Trinajstić information content (AvgIpc) is 2.75. The summed E-state index contributed by atoms with van der Waals surface area (Å²) >= 11 is 6.00. The SMILES string of the molecule is CN(c1ccc2c(/C=C/c3ccc4cc(Cl)ccc4n3)cccc2c1)S(=O)(=O)C(F)(F)F. The summed E-state index contributed by atoms with van der Waals surface area (Å²) in [6.07, 6.45) is 3.68. The Morgan fingerprint density at radius 3 is 2.47 bits per heavy atom. The Kier molecular flexibility index (Phi) is 5.60. The van der Waals surface area contributed by atoms with E-state index >= 15 is 0 Å². The molecule has 0 aliphatic heterocycles. The lowest BCUT2D eigenvalue weighted by molar-refractivity contribution is -0.0437. The van der Waals surface area contributed by atoms with Crippen LogP contribution in [0.3, 0.4) is 0 Å². The van der Waals surface area contributed by atoms with Gasteiger partial charge in [0.1, 0.15) is 0 Å². The molecule has 0 bridgehead atoms. The van der Waals surface area contributed by atoms with Gasteiger partial charge in [-0.05, 0) is 58.8 Å². The van der Waals surface area contributed by atoms with E-state index in [1.807, 2.05) is 42.5 Å². The van der Waals surface area contributed by atoms with Crippen molar-refractivity contribution in [3.05, 3.63) is 83.0 Å². The van der Waals surface area contributed by atoms with Crippen molar-refractivity contribution in [1.82, 2.24) is 4.98 Å². The van der Waals surface area contributed by atoms with Crippen LogP contribution in [0.4, 0.5) is 18.9 Å². The first-order chi connectivity index (χ1) is 15.1. The normalized spacial score (nSPS) is 12.7. The number of hydrogen-bond acceptors (Lipinski definition) is 3. The number of alkyl halides is 3. The Bertz CT molecular complexity index is 1470. The number of hydrogen-bond donors (Lipinski definition) is 0. The highest BCUT2D eigenvalue weighted by molar-refractivity contribution is 7.93. The molecule has 1 aromatic heterocycles. The molecule has 32 heavy (non-hydrogen) atoms. The summed E-state index contributed by atoms with van der Waals surface area (Å²) in [6.45, 7) is 0. The standard InChI is InChI=1S/C23H16ClF3N2O2S/c1-29(32(30,31)23(25,26)27)20-10-11-21-15(3-2-4-16(21)14-20)5-8-19-9-6-17-13-18(24)7-12-22(17)28-19/h2-14H,1H3/b8-5+. The van der Waals surface area contributed by atoms with Crippen LogP contribution in [0.15, 0.2) is 66.7 Å². The van der Waals surface area contributed by atoms with Crippen molar-refractivity contribution in [1.29, 1.82) is 0 Å². The maximum absolute atomic E-state index is 12.9. The summed E-state index contributed by atoms with van der Waals surface area (Å²) in [5.41, 5.74) is -3.11. The Morgan fingerprint density at radius 2 is 1.72 bits per heavy atom. The third-order valence-electron chi connectivity index (χ3n) is 5.02. The average molecular weight is 477 g/mol. The van der Waals surface area contributed by atoms with Gasteiger partial charge in [-0.25, -0.2) is 4.98 Å². The monoisotopic (exact) mass is 476 g/mol. The number of benzene rings is 3. The molecular formula is C23H16ClF3N2O2S. The van der Waals surface area contributed by atoms with E-state index in [0.29, 0.717) is 10.4 Å². The number of halogens is 4. The van der Waals surface area contributed by atoms with Crippen LogP contribution in [0.5, 0.6) is 0 Å². The highest BCUT2D eigenvalue weighted by Crippen LogP contribution is 2.32. The van der Waals surface area contributed by atoms with Crippen molar-refractivity contribution >= 4 is 61.1 Å². The third kappa shape index (κ3) is 4.16. The minimum atomic E-state index is -5.47. The van der Waals surface area contributed by atoms with E-state index in [0.717, 1.165) is 34.6 Å². The maximum atomic E-state index is 12.9. The van der Waals surface area contributed by atoms with Gasteiger partial charge in [0.2, 0.25) is 0 Å². The number of aromatic nitrogens is 1. The summed E-state index contributed by atoms with van der Waals surface area (Å²) in [7, 11) is -4.59. The molecule has 3 aromatic carbocycles. The second-order valence-corrected chi connectivity index (χ2v) is 9.47. The van der Waals surface area contributed by atoms with Crippen LogP contribution in [0.2, 0.25) is 5.02 Å². The number of fused-ring (bicyclic) bond motifs is 2. The molecule has 4 nitrogen and oxygen atoms in total. The highest BCUT2D eigenvalue weighted by atomic mass is 35.5. The van der Waals surface area contributed by atoms with Gasteiger partial charge in [0.05, 0.1) is 16.9 Å². The molecule has 0 radical (unpaired) electrons. The molecule has 164 valence electrons. The summed E-state index contributed by atoms with van der Waals surface area (Å²) in [5, 5.41) is 2.92. The summed E-state index contributed by atoms with van der Waals surface area (Å²) < 4.78 is 62.3. The van der Waals surface area contributed by atoms with Gasteiger partial charge in [0.25, 0.3) is 0 Å². The number of rotatable bonds is 4. The van der Waals surface area contributed by atoms with Crippen LogP contribution in [-0.2, 0) is 10.0 Å². The van der Waals surface area contributed by atoms with Crippen LogP contribution >= 0.6 is 11.6 Å². The zero-order valence-corrected chi connectivity index (χ0v) is 18.2. The zero-order valence-electron chi connectivity index (χ0n) is 16.6. The Hall–Kier alpha value is -3.10. The van der Waals surface area contributed by atoms with Gasteiger partial charge in [-0.3, -0.25) is 4.31 Å². The first-order valence-corrected chi connectivity index (χ1v) is 11.2. The lowest BCUT2D eigenvalue weighted by Gasteiger charge is -2.21. The molecule has 1 heterocycles. The molecule has 0 aliphatic rings. The molecule has 0 saturated carbocycles. The Labute approximate surface area is 187 Å². The molecule has 0 amide bonds. The fourth-order valence-corrected chi connectivity index (χ4v) is 4.19. The lowest BCUT2D eigenvalue weighted by atomic mass is 10.0. The molecule has 0 unspecified atom stereocenters. The first-order valence-electron chi connectivity index (χ1n) is 9.39. The van der Waals surface area contributed by atoms with Gasteiger partial charge >= 0.3 is 15.5 Å². The fourth-order valence-electron chi connectivity index (χ4n) is 3.31. The fraction of sp³-hybridized carbons (Fsp3) is 0.0870.